The first-order valence-corrected chi connectivity index (χ1v) is 6.91. The largest absolute Gasteiger partial charge is 0.391 e. The van der Waals surface area contributed by atoms with Gasteiger partial charge in [0.1, 0.15) is 0 Å². The van der Waals surface area contributed by atoms with Gasteiger partial charge in [-0.15, -0.1) is 0 Å². The van der Waals surface area contributed by atoms with Crippen molar-refractivity contribution in [2.24, 2.45) is 17.6 Å². The molecular formula is C13H24N2O2S. The van der Waals surface area contributed by atoms with E-state index in [1.807, 2.05) is 34.6 Å². The Morgan fingerprint density at radius 2 is 1.94 bits per heavy atom. The highest BCUT2D eigenvalue weighted by atomic mass is 32.1. The first-order chi connectivity index (χ1) is 8.23. The molecule has 1 aliphatic rings. The molecule has 1 fully saturated rings. The number of carbonyl (C=O) groups is 1. The maximum Gasteiger partial charge on any atom is 0.226 e. The molecule has 0 aliphatic carbocycles. The molecule has 3 N–H and O–H groups in total. The molecular weight excluding hydrogens is 248 g/mol. The van der Waals surface area contributed by atoms with Crippen molar-refractivity contribution in [3.8, 4) is 0 Å². The minimum Gasteiger partial charge on any atom is -0.391 e. The lowest BCUT2D eigenvalue weighted by molar-refractivity contribution is -0.128. The average molecular weight is 272 g/mol. The molecule has 0 radical (unpaired) electrons. The Bertz CT molecular complexity index is 348. The predicted molar refractivity (Wildman–Crippen MR) is 76.3 cm³/mol. The number of hydrogen-bond donors (Lipinski definition) is 2. The van der Waals surface area contributed by atoms with E-state index < -0.39 is 5.54 Å². The van der Waals surface area contributed by atoms with E-state index in [1.54, 1.807) is 0 Å². The molecule has 4 nitrogen and oxygen atoms in total. The third-order valence-electron chi connectivity index (χ3n) is 4.19. The summed E-state index contributed by atoms with van der Waals surface area (Å²) in [7, 11) is 0. The zero-order valence-electron chi connectivity index (χ0n) is 11.8. The highest BCUT2D eigenvalue weighted by molar-refractivity contribution is 7.80. The van der Waals surface area contributed by atoms with Crippen molar-refractivity contribution in [2.45, 2.75) is 58.8 Å². The Morgan fingerprint density at radius 3 is 2.28 bits per heavy atom. The summed E-state index contributed by atoms with van der Waals surface area (Å²) >= 11 is 5.04. The van der Waals surface area contributed by atoms with Crippen LogP contribution in [0.3, 0.4) is 0 Å². The third kappa shape index (κ3) is 2.83. The maximum atomic E-state index is 12.4. The normalized spacial score (nSPS) is 34.9. The third-order valence-corrected chi connectivity index (χ3v) is 4.65. The molecule has 0 bridgehead atoms. The standard InChI is InChI=1S/C13H24N2O2S/c1-6-13(5,12(14)18)15-11(16)10-7(2)8(3)17-9(10)4/h7-10H,6H2,1-5H3,(H2,14,18)(H,15,16). The number of nitrogens with one attached hydrogen (secondary N) is 1. The summed E-state index contributed by atoms with van der Waals surface area (Å²) in [4.78, 5) is 12.7. The number of rotatable bonds is 4. The maximum absolute atomic E-state index is 12.4. The molecule has 1 rings (SSSR count). The molecule has 104 valence electrons. The Labute approximate surface area is 115 Å². The smallest absolute Gasteiger partial charge is 0.226 e. The lowest BCUT2D eigenvalue weighted by Crippen LogP contribution is -2.56. The van der Waals surface area contributed by atoms with Gasteiger partial charge < -0.3 is 15.8 Å². The van der Waals surface area contributed by atoms with Crippen LogP contribution in [0.15, 0.2) is 0 Å². The molecule has 0 aromatic rings. The van der Waals surface area contributed by atoms with Gasteiger partial charge in [0.15, 0.2) is 0 Å². The van der Waals surface area contributed by atoms with Crippen molar-refractivity contribution < 1.29 is 9.53 Å². The fourth-order valence-corrected chi connectivity index (χ4v) is 2.59. The van der Waals surface area contributed by atoms with Crippen molar-refractivity contribution in [3.05, 3.63) is 0 Å². The number of thiocarbonyl (C=S) groups is 1. The second-order valence-electron chi connectivity index (χ2n) is 5.47. The number of carbonyl (C=O) groups excluding carboxylic acids is 1. The Kier molecular flexibility index (Phi) is 4.72. The van der Waals surface area contributed by atoms with Gasteiger partial charge in [-0.25, -0.2) is 0 Å². The second-order valence-corrected chi connectivity index (χ2v) is 5.91. The summed E-state index contributed by atoms with van der Waals surface area (Å²) in [5.74, 6) is 0.0455. The van der Waals surface area contributed by atoms with Crippen LogP contribution < -0.4 is 11.1 Å². The Morgan fingerprint density at radius 1 is 1.39 bits per heavy atom. The van der Waals surface area contributed by atoms with Crippen LogP contribution in [-0.4, -0.2) is 28.6 Å². The van der Waals surface area contributed by atoms with Crippen molar-refractivity contribution in [1.82, 2.24) is 5.32 Å². The van der Waals surface area contributed by atoms with Gasteiger partial charge >= 0.3 is 0 Å². The summed E-state index contributed by atoms with van der Waals surface area (Å²) < 4.78 is 5.69. The predicted octanol–water partition coefficient (Wildman–Crippen LogP) is 1.62. The quantitative estimate of drug-likeness (QED) is 0.763. The van der Waals surface area contributed by atoms with Gasteiger partial charge in [0.2, 0.25) is 5.91 Å². The van der Waals surface area contributed by atoms with Crippen LogP contribution in [0.4, 0.5) is 0 Å². The molecule has 1 amide bonds. The van der Waals surface area contributed by atoms with E-state index >= 15 is 0 Å². The lowest BCUT2D eigenvalue weighted by Gasteiger charge is -2.31. The summed E-state index contributed by atoms with van der Waals surface area (Å²) in [6, 6.07) is 0. The fraction of sp³-hybridized carbons (Fsp3) is 0.846. The van der Waals surface area contributed by atoms with Gasteiger partial charge in [0, 0.05) is 0 Å². The van der Waals surface area contributed by atoms with Gasteiger partial charge in [0.25, 0.3) is 0 Å². The van der Waals surface area contributed by atoms with Crippen LogP contribution in [0.1, 0.15) is 41.0 Å². The van der Waals surface area contributed by atoms with Crippen LogP contribution in [-0.2, 0) is 9.53 Å². The molecule has 1 saturated heterocycles. The van der Waals surface area contributed by atoms with E-state index in [4.69, 9.17) is 22.7 Å². The molecule has 0 spiro atoms. The molecule has 0 saturated carbocycles. The summed E-state index contributed by atoms with van der Waals surface area (Å²) in [5, 5.41) is 2.98. The first kappa shape index (κ1) is 15.4. The average Bonchev–Trinajstić information content (AvgIpc) is 2.52. The second kappa shape index (κ2) is 5.53. The van der Waals surface area contributed by atoms with Gasteiger partial charge in [0.05, 0.1) is 28.7 Å². The highest BCUT2D eigenvalue weighted by Gasteiger charge is 2.43. The minimum atomic E-state index is -0.613. The Hall–Kier alpha value is -0.680. The van der Waals surface area contributed by atoms with Crippen LogP contribution >= 0.6 is 12.2 Å². The van der Waals surface area contributed by atoms with Crippen molar-refractivity contribution in [2.75, 3.05) is 0 Å². The molecule has 5 atom stereocenters. The zero-order chi connectivity index (χ0) is 14.1. The van der Waals surface area contributed by atoms with Crippen molar-refractivity contribution >= 4 is 23.1 Å². The number of amides is 1. The van der Waals surface area contributed by atoms with Crippen LogP contribution in [0.25, 0.3) is 0 Å². The van der Waals surface area contributed by atoms with Gasteiger partial charge in [-0.05, 0) is 33.1 Å². The summed E-state index contributed by atoms with van der Waals surface area (Å²) in [5.41, 5.74) is 5.10. The number of nitrogens with two attached hydrogens (primary N) is 1. The van der Waals surface area contributed by atoms with E-state index in [2.05, 4.69) is 5.32 Å². The highest BCUT2D eigenvalue weighted by Crippen LogP contribution is 2.32. The van der Waals surface area contributed by atoms with Crippen LogP contribution in [0.2, 0.25) is 0 Å². The summed E-state index contributed by atoms with van der Waals surface area (Å²) in [6.07, 6.45) is 0.718. The first-order valence-electron chi connectivity index (χ1n) is 6.50. The van der Waals surface area contributed by atoms with Gasteiger partial charge in [-0.2, -0.15) is 0 Å². The number of hydrogen-bond acceptors (Lipinski definition) is 3. The van der Waals surface area contributed by atoms with Crippen molar-refractivity contribution in [1.29, 1.82) is 0 Å². The van der Waals surface area contributed by atoms with E-state index in [0.717, 1.165) is 0 Å². The van der Waals surface area contributed by atoms with E-state index in [0.29, 0.717) is 11.4 Å². The van der Waals surface area contributed by atoms with Gasteiger partial charge in [-0.3, -0.25) is 4.79 Å². The molecule has 5 unspecified atom stereocenters. The minimum absolute atomic E-state index is 0.0171. The summed E-state index contributed by atoms with van der Waals surface area (Å²) in [6.45, 7) is 9.81. The molecule has 0 aromatic heterocycles. The monoisotopic (exact) mass is 272 g/mol. The van der Waals surface area contributed by atoms with Gasteiger partial charge in [-0.1, -0.05) is 26.1 Å². The van der Waals surface area contributed by atoms with E-state index in [1.165, 1.54) is 0 Å². The zero-order valence-corrected chi connectivity index (χ0v) is 12.6. The fourth-order valence-electron chi connectivity index (χ4n) is 2.40. The van der Waals surface area contributed by atoms with Crippen LogP contribution in [0, 0.1) is 11.8 Å². The molecule has 1 aliphatic heterocycles. The topological polar surface area (TPSA) is 64.3 Å². The molecule has 18 heavy (non-hydrogen) atoms. The molecule has 1 heterocycles. The Balaban J connectivity index is 2.80. The molecule has 0 aromatic carbocycles. The SMILES string of the molecule is CCC(C)(NC(=O)C1C(C)OC(C)C1C)C(N)=S. The van der Waals surface area contributed by atoms with E-state index in [9.17, 15) is 4.79 Å². The lowest BCUT2D eigenvalue weighted by atomic mass is 9.87. The number of ether oxygens (including phenoxy) is 1. The molecule has 5 heteroatoms. The van der Waals surface area contributed by atoms with Crippen LogP contribution in [0.5, 0.6) is 0 Å². The van der Waals surface area contributed by atoms with E-state index in [-0.39, 0.29) is 30.0 Å². The van der Waals surface area contributed by atoms with Crippen molar-refractivity contribution in [3.63, 3.8) is 0 Å².